The van der Waals surface area contributed by atoms with Crippen molar-refractivity contribution in [3.8, 4) is 23.2 Å². The van der Waals surface area contributed by atoms with Crippen LogP contribution in [0, 0.1) is 17.3 Å². The van der Waals surface area contributed by atoms with Crippen LogP contribution < -0.4 is 10.2 Å². The summed E-state index contributed by atoms with van der Waals surface area (Å²) in [6.07, 6.45) is 11.0. The minimum absolute atomic E-state index is 0.0897. The third-order valence-corrected chi connectivity index (χ3v) is 9.54. The van der Waals surface area contributed by atoms with E-state index < -0.39 is 10.0 Å². The first-order chi connectivity index (χ1) is 19.8. The molecule has 2 fully saturated rings. The van der Waals surface area contributed by atoms with Crippen molar-refractivity contribution in [3.05, 3.63) is 72.6 Å². The fourth-order valence-corrected chi connectivity index (χ4v) is 6.14. The predicted octanol–water partition coefficient (Wildman–Crippen LogP) is 3.21. The Bertz CT molecular complexity index is 1720. The standard InChI is InChI=1S/C29H30N8O3S/c1-29(20-38)10-14-36(15-11-29)25-16-27(32-17-21(25)5-6-23-4-2-3-12-30-23)34-26-9-13-31-28(35-26)22-18-33-37(19-22)41(39,40)24-7-8-24/h2-4,9,12-13,16-19,24,38H,7-8,10-11,14-15,20H2,1H3,(H,31,32,34,35). The highest BCUT2D eigenvalue weighted by Gasteiger charge is 2.37. The number of aliphatic hydroxyl groups excluding tert-OH is 1. The number of aromatic nitrogens is 6. The molecule has 11 nitrogen and oxygen atoms in total. The minimum atomic E-state index is -3.47. The summed E-state index contributed by atoms with van der Waals surface area (Å²) in [5, 5.41) is 16.8. The van der Waals surface area contributed by atoms with Crippen molar-refractivity contribution < 1.29 is 13.5 Å². The van der Waals surface area contributed by atoms with Crippen molar-refractivity contribution in [3.63, 3.8) is 0 Å². The molecule has 41 heavy (non-hydrogen) atoms. The minimum Gasteiger partial charge on any atom is -0.396 e. The molecule has 5 heterocycles. The molecule has 1 saturated carbocycles. The van der Waals surface area contributed by atoms with Crippen molar-refractivity contribution >= 4 is 27.3 Å². The van der Waals surface area contributed by atoms with Gasteiger partial charge in [0.15, 0.2) is 5.82 Å². The van der Waals surface area contributed by atoms with Gasteiger partial charge in [-0.15, -0.1) is 0 Å². The fourth-order valence-electron chi connectivity index (χ4n) is 4.66. The Labute approximate surface area is 238 Å². The highest BCUT2D eigenvalue weighted by atomic mass is 32.2. The van der Waals surface area contributed by atoms with Crippen molar-refractivity contribution in [2.75, 3.05) is 29.9 Å². The number of hydrogen-bond donors (Lipinski definition) is 2. The molecule has 0 unspecified atom stereocenters. The molecule has 210 valence electrons. The molecule has 0 aromatic carbocycles. The van der Waals surface area contributed by atoms with Crippen LogP contribution in [0.5, 0.6) is 0 Å². The van der Waals surface area contributed by atoms with Gasteiger partial charge in [-0.05, 0) is 55.2 Å². The molecule has 2 aliphatic rings. The van der Waals surface area contributed by atoms with E-state index in [1.54, 1.807) is 24.7 Å². The molecular weight excluding hydrogens is 540 g/mol. The third-order valence-electron chi connectivity index (χ3n) is 7.50. The van der Waals surface area contributed by atoms with Gasteiger partial charge in [0.1, 0.15) is 17.3 Å². The smallest absolute Gasteiger partial charge is 0.256 e. The maximum absolute atomic E-state index is 12.5. The SMILES string of the molecule is CC1(CO)CCN(c2cc(Nc3ccnc(-c4cnn(S(=O)(=O)C5CC5)c4)n3)ncc2C#Cc2ccccn2)CC1. The van der Waals surface area contributed by atoms with Crippen LogP contribution in [0.4, 0.5) is 17.3 Å². The van der Waals surface area contributed by atoms with Gasteiger partial charge in [-0.1, -0.05) is 18.9 Å². The lowest BCUT2D eigenvalue weighted by molar-refractivity contribution is 0.115. The van der Waals surface area contributed by atoms with Crippen molar-refractivity contribution in [1.29, 1.82) is 0 Å². The molecule has 1 aliphatic carbocycles. The maximum Gasteiger partial charge on any atom is 0.256 e. The van der Waals surface area contributed by atoms with Gasteiger partial charge in [-0.25, -0.2) is 28.4 Å². The van der Waals surface area contributed by atoms with E-state index in [1.807, 2.05) is 24.3 Å². The second kappa shape index (κ2) is 10.9. The summed E-state index contributed by atoms with van der Waals surface area (Å²) in [6.45, 7) is 3.84. The fraction of sp³-hybridized carbons (Fsp3) is 0.345. The Kier molecular flexibility index (Phi) is 7.15. The van der Waals surface area contributed by atoms with E-state index in [-0.39, 0.29) is 17.3 Å². The molecule has 0 bridgehead atoms. The number of nitrogens with zero attached hydrogens (tertiary/aromatic N) is 7. The Morgan fingerprint density at radius 3 is 2.61 bits per heavy atom. The van der Waals surface area contributed by atoms with E-state index in [4.69, 9.17) is 0 Å². The summed E-state index contributed by atoms with van der Waals surface area (Å²) in [5.41, 5.74) is 2.81. The van der Waals surface area contributed by atoms with Crippen LogP contribution in [0.15, 0.2) is 61.3 Å². The second-order valence-electron chi connectivity index (χ2n) is 10.7. The van der Waals surface area contributed by atoms with E-state index in [2.05, 4.69) is 54.0 Å². The topological polar surface area (TPSA) is 139 Å². The molecular formula is C29H30N8O3S. The zero-order valence-corrected chi connectivity index (χ0v) is 23.4. The van der Waals surface area contributed by atoms with Crippen LogP contribution in [0.2, 0.25) is 0 Å². The lowest BCUT2D eigenvalue weighted by Crippen LogP contribution is -2.40. The number of nitrogens with one attached hydrogen (secondary N) is 1. The lowest BCUT2D eigenvalue weighted by atomic mass is 9.81. The number of aliphatic hydroxyl groups is 1. The monoisotopic (exact) mass is 570 g/mol. The summed E-state index contributed by atoms with van der Waals surface area (Å²) in [6, 6.07) is 9.29. The van der Waals surface area contributed by atoms with E-state index in [0.717, 1.165) is 41.3 Å². The Morgan fingerprint density at radius 1 is 1.05 bits per heavy atom. The Hall–Kier alpha value is -4.34. The number of piperidine rings is 1. The van der Waals surface area contributed by atoms with Crippen LogP contribution >= 0.6 is 0 Å². The highest BCUT2D eigenvalue weighted by Crippen LogP contribution is 2.35. The van der Waals surface area contributed by atoms with Gasteiger partial charge < -0.3 is 15.3 Å². The number of pyridine rings is 2. The summed E-state index contributed by atoms with van der Waals surface area (Å²) in [4.78, 5) is 20.1. The van der Waals surface area contributed by atoms with E-state index in [1.165, 1.54) is 12.4 Å². The van der Waals surface area contributed by atoms with E-state index >= 15 is 0 Å². The quantitative estimate of drug-likeness (QED) is 0.319. The number of hydrogen-bond acceptors (Lipinski definition) is 10. The van der Waals surface area contributed by atoms with Gasteiger partial charge >= 0.3 is 0 Å². The molecule has 12 heteroatoms. The first kappa shape index (κ1) is 26.9. The Morgan fingerprint density at radius 2 is 1.88 bits per heavy atom. The Balaban J connectivity index is 1.27. The zero-order valence-electron chi connectivity index (χ0n) is 22.6. The van der Waals surface area contributed by atoms with Gasteiger partial charge in [0.25, 0.3) is 10.0 Å². The first-order valence-corrected chi connectivity index (χ1v) is 15.0. The highest BCUT2D eigenvalue weighted by molar-refractivity contribution is 7.90. The molecule has 1 saturated heterocycles. The molecule has 0 spiro atoms. The third kappa shape index (κ3) is 5.91. The summed E-state index contributed by atoms with van der Waals surface area (Å²) in [5.74, 6) is 7.79. The largest absolute Gasteiger partial charge is 0.396 e. The van der Waals surface area contributed by atoms with Gasteiger partial charge in [-0.2, -0.15) is 9.19 Å². The van der Waals surface area contributed by atoms with Gasteiger partial charge in [0.2, 0.25) is 0 Å². The van der Waals surface area contributed by atoms with Gasteiger partial charge in [0.05, 0.1) is 34.5 Å². The van der Waals surface area contributed by atoms with Crippen molar-refractivity contribution in [2.24, 2.45) is 5.41 Å². The van der Waals surface area contributed by atoms with Crippen molar-refractivity contribution in [1.82, 2.24) is 29.1 Å². The van der Waals surface area contributed by atoms with Gasteiger partial charge in [0, 0.05) is 44.4 Å². The average molecular weight is 571 g/mol. The molecule has 2 N–H and O–H groups in total. The first-order valence-electron chi connectivity index (χ1n) is 13.5. The molecule has 0 atom stereocenters. The van der Waals surface area contributed by atoms with Crippen LogP contribution in [0.3, 0.4) is 0 Å². The van der Waals surface area contributed by atoms with Crippen LogP contribution in [0.1, 0.15) is 43.9 Å². The van der Waals surface area contributed by atoms with Crippen LogP contribution in [-0.4, -0.2) is 67.6 Å². The van der Waals surface area contributed by atoms with Gasteiger partial charge in [-0.3, -0.25) is 0 Å². The number of rotatable bonds is 7. The molecule has 6 rings (SSSR count). The summed E-state index contributed by atoms with van der Waals surface area (Å²) >= 11 is 0. The van der Waals surface area contributed by atoms with Crippen LogP contribution in [0.25, 0.3) is 11.4 Å². The molecule has 0 radical (unpaired) electrons. The maximum atomic E-state index is 12.5. The molecule has 4 aromatic rings. The van der Waals surface area contributed by atoms with E-state index in [9.17, 15) is 13.5 Å². The number of anilines is 3. The lowest BCUT2D eigenvalue weighted by Gasteiger charge is -2.39. The molecule has 4 aromatic heterocycles. The van der Waals surface area contributed by atoms with E-state index in [0.29, 0.717) is 41.6 Å². The molecule has 1 aliphatic heterocycles. The average Bonchev–Trinajstić information content (AvgIpc) is 3.74. The molecule has 0 amide bonds. The van der Waals surface area contributed by atoms with Crippen molar-refractivity contribution in [2.45, 2.75) is 37.9 Å². The van der Waals surface area contributed by atoms with Crippen LogP contribution in [-0.2, 0) is 10.0 Å². The second-order valence-corrected chi connectivity index (χ2v) is 12.8. The predicted molar refractivity (Wildman–Crippen MR) is 155 cm³/mol. The zero-order chi connectivity index (χ0) is 28.5. The summed E-state index contributed by atoms with van der Waals surface area (Å²) in [7, 11) is -3.47. The summed E-state index contributed by atoms with van der Waals surface area (Å²) < 4.78 is 26.1. The normalized spacial score (nSPS) is 16.6.